The number of nitrogen functional groups attached to an aromatic ring is 1. The minimum absolute atomic E-state index is 0.0873. The Labute approximate surface area is 153 Å². The summed E-state index contributed by atoms with van der Waals surface area (Å²) in [6.07, 6.45) is 1.78. The summed E-state index contributed by atoms with van der Waals surface area (Å²) < 4.78 is 16.5. The van der Waals surface area contributed by atoms with E-state index in [1.165, 1.54) is 0 Å². The van der Waals surface area contributed by atoms with Gasteiger partial charge >= 0.3 is 0 Å². The number of nitrogens with zero attached hydrogens (tertiary/aromatic N) is 2. The molecule has 0 atom stereocenters. The normalized spacial score (nSPS) is 14.5. The molecule has 0 spiro atoms. The molecule has 6 nitrogen and oxygen atoms in total. The van der Waals surface area contributed by atoms with Crippen LogP contribution in [-0.2, 0) is 11.8 Å². The first kappa shape index (κ1) is 17.9. The van der Waals surface area contributed by atoms with Crippen LogP contribution in [0.15, 0.2) is 12.1 Å². The van der Waals surface area contributed by atoms with Gasteiger partial charge in [0.15, 0.2) is 11.5 Å². The summed E-state index contributed by atoms with van der Waals surface area (Å²) in [5, 5.41) is 9.75. The maximum Gasteiger partial charge on any atom is 0.203 e. The molecule has 2 N–H and O–H groups in total. The Hall–Kier alpha value is -2.94. The van der Waals surface area contributed by atoms with Gasteiger partial charge in [-0.1, -0.05) is 13.8 Å². The monoisotopic (exact) mass is 353 g/mol. The maximum absolute atomic E-state index is 9.75. The SMILES string of the molecule is COc1ccc(-c2c(C#N)c(N)nc3c2CCC3(C)C)c(OC)c1OC. The number of anilines is 1. The van der Waals surface area contributed by atoms with Crippen LogP contribution in [0.2, 0.25) is 0 Å². The average molecular weight is 353 g/mol. The van der Waals surface area contributed by atoms with Gasteiger partial charge < -0.3 is 19.9 Å². The van der Waals surface area contributed by atoms with E-state index in [-0.39, 0.29) is 11.2 Å². The molecular formula is C20H23N3O3. The lowest BCUT2D eigenvalue weighted by molar-refractivity contribution is 0.325. The molecule has 0 aliphatic heterocycles. The van der Waals surface area contributed by atoms with Gasteiger partial charge in [-0.3, -0.25) is 0 Å². The highest BCUT2D eigenvalue weighted by Gasteiger charge is 2.36. The minimum Gasteiger partial charge on any atom is -0.493 e. The zero-order chi connectivity index (χ0) is 19.1. The summed E-state index contributed by atoms with van der Waals surface area (Å²) in [5.41, 5.74) is 9.95. The van der Waals surface area contributed by atoms with Gasteiger partial charge in [0.05, 0.1) is 27.0 Å². The third kappa shape index (κ3) is 2.51. The first-order valence-corrected chi connectivity index (χ1v) is 8.41. The molecule has 0 saturated carbocycles. The number of nitrogens with two attached hydrogens (primary N) is 1. The number of hydrogen-bond donors (Lipinski definition) is 1. The van der Waals surface area contributed by atoms with Crippen LogP contribution in [0.25, 0.3) is 11.1 Å². The molecule has 0 saturated heterocycles. The zero-order valence-electron chi connectivity index (χ0n) is 15.8. The molecule has 1 aromatic heterocycles. The van der Waals surface area contributed by atoms with Gasteiger partial charge in [0.1, 0.15) is 17.5 Å². The second kappa shape index (κ2) is 6.41. The fourth-order valence-electron chi connectivity index (χ4n) is 3.71. The molecule has 3 rings (SSSR count). The molecule has 1 aliphatic rings. The molecule has 0 unspecified atom stereocenters. The van der Waals surface area contributed by atoms with Gasteiger partial charge in [-0.25, -0.2) is 4.98 Å². The molecule has 1 aromatic carbocycles. The van der Waals surface area contributed by atoms with Crippen LogP contribution in [0.1, 0.15) is 37.1 Å². The summed E-state index contributed by atoms with van der Waals surface area (Å²) in [6.45, 7) is 4.29. The van der Waals surface area contributed by atoms with E-state index in [1.807, 2.05) is 6.07 Å². The molecule has 1 aliphatic carbocycles. The van der Waals surface area contributed by atoms with Crippen LogP contribution in [0, 0.1) is 11.3 Å². The molecule has 0 amide bonds. The summed E-state index contributed by atoms with van der Waals surface area (Å²) in [7, 11) is 4.70. The number of aromatic nitrogens is 1. The topological polar surface area (TPSA) is 90.4 Å². The average Bonchev–Trinajstić information content (AvgIpc) is 2.93. The predicted molar refractivity (Wildman–Crippen MR) is 99.8 cm³/mol. The largest absolute Gasteiger partial charge is 0.493 e. The quantitative estimate of drug-likeness (QED) is 0.905. The fourth-order valence-corrected chi connectivity index (χ4v) is 3.71. The summed E-state index contributed by atoms with van der Waals surface area (Å²) >= 11 is 0. The standard InChI is InChI=1S/C20H23N3O3/c1-20(2)9-8-12-15(13(10-21)19(22)23-18(12)20)11-6-7-14(24-3)17(26-5)16(11)25-4/h6-7H,8-9H2,1-5H3,(H2,22,23). The smallest absolute Gasteiger partial charge is 0.203 e. The van der Waals surface area contributed by atoms with Crippen molar-refractivity contribution < 1.29 is 14.2 Å². The molecular weight excluding hydrogens is 330 g/mol. The third-order valence-corrected chi connectivity index (χ3v) is 5.05. The molecule has 0 bridgehead atoms. The molecule has 26 heavy (non-hydrogen) atoms. The van der Waals surface area contributed by atoms with Crippen LogP contribution in [0.5, 0.6) is 17.2 Å². The van der Waals surface area contributed by atoms with Crippen LogP contribution < -0.4 is 19.9 Å². The number of nitriles is 1. The lowest BCUT2D eigenvalue weighted by Crippen LogP contribution is -2.16. The maximum atomic E-state index is 9.75. The first-order valence-electron chi connectivity index (χ1n) is 8.41. The van der Waals surface area contributed by atoms with Crippen molar-refractivity contribution in [2.24, 2.45) is 0 Å². The summed E-state index contributed by atoms with van der Waals surface area (Å²) in [5.74, 6) is 1.80. The van der Waals surface area contributed by atoms with E-state index in [2.05, 4.69) is 24.9 Å². The number of fused-ring (bicyclic) bond motifs is 1. The second-order valence-corrected chi connectivity index (χ2v) is 6.95. The van der Waals surface area contributed by atoms with E-state index in [0.29, 0.717) is 22.8 Å². The first-order chi connectivity index (χ1) is 12.4. The molecule has 136 valence electrons. The highest BCUT2D eigenvalue weighted by molar-refractivity contribution is 5.86. The molecule has 0 radical (unpaired) electrons. The second-order valence-electron chi connectivity index (χ2n) is 6.95. The third-order valence-electron chi connectivity index (χ3n) is 5.05. The van der Waals surface area contributed by atoms with E-state index >= 15 is 0 Å². The van der Waals surface area contributed by atoms with Gasteiger partial charge in [0.2, 0.25) is 5.75 Å². The number of benzene rings is 1. The Balaban J connectivity index is 2.41. The molecule has 1 heterocycles. The van der Waals surface area contributed by atoms with Gasteiger partial charge in [-0.2, -0.15) is 5.26 Å². The fraction of sp³-hybridized carbons (Fsp3) is 0.400. The van der Waals surface area contributed by atoms with Crippen molar-refractivity contribution in [2.75, 3.05) is 27.1 Å². The van der Waals surface area contributed by atoms with Crippen LogP contribution in [0.3, 0.4) is 0 Å². The Morgan fingerprint density at radius 2 is 1.81 bits per heavy atom. The van der Waals surface area contributed by atoms with E-state index in [9.17, 15) is 5.26 Å². The van der Waals surface area contributed by atoms with Gasteiger partial charge in [0, 0.05) is 16.5 Å². The Bertz CT molecular complexity index is 914. The van der Waals surface area contributed by atoms with E-state index < -0.39 is 0 Å². The van der Waals surface area contributed by atoms with Crippen molar-refractivity contribution in [1.29, 1.82) is 5.26 Å². The van der Waals surface area contributed by atoms with Crippen molar-refractivity contribution in [1.82, 2.24) is 4.98 Å². The Morgan fingerprint density at radius 3 is 2.38 bits per heavy atom. The van der Waals surface area contributed by atoms with Crippen molar-refractivity contribution in [2.45, 2.75) is 32.1 Å². The number of methoxy groups -OCH3 is 3. The van der Waals surface area contributed by atoms with E-state index in [4.69, 9.17) is 19.9 Å². The predicted octanol–water partition coefficient (Wildman–Crippen LogP) is 3.45. The highest BCUT2D eigenvalue weighted by atomic mass is 16.5. The van der Waals surface area contributed by atoms with Crippen molar-refractivity contribution in [3.63, 3.8) is 0 Å². The Morgan fingerprint density at radius 1 is 1.12 bits per heavy atom. The lowest BCUT2D eigenvalue weighted by atomic mass is 9.88. The number of ether oxygens (including phenoxy) is 3. The Kier molecular flexibility index (Phi) is 4.41. The molecule has 2 aromatic rings. The van der Waals surface area contributed by atoms with E-state index in [1.54, 1.807) is 27.4 Å². The van der Waals surface area contributed by atoms with Crippen molar-refractivity contribution in [3.8, 4) is 34.4 Å². The minimum atomic E-state index is -0.0873. The van der Waals surface area contributed by atoms with Crippen LogP contribution >= 0.6 is 0 Å². The molecule has 6 heteroatoms. The van der Waals surface area contributed by atoms with Gasteiger partial charge in [-0.05, 0) is 30.5 Å². The lowest BCUT2D eigenvalue weighted by Gasteiger charge is -2.21. The van der Waals surface area contributed by atoms with Crippen molar-refractivity contribution in [3.05, 3.63) is 29.0 Å². The number of hydrogen-bond acceptors (Lipinski definition) is 6. The number of rotatable bonds is 4. The van der Waals surface area contributed by atoms with Gasteiger partial charge in [-0.15, -0.1) is 0 Å². The number of pyridine rings is 1. The zero-order valence-corrected chi connectivity index (χ0v) is 15.8. The highest BCUT2D eigenvalue weighted by Crippen LogP contribution is 2.50. The van der Waals surface area contributed by atoms with Crippen molar-refractivity contribution >= 4 is 5.82 Å². The summed E-state index contributed by atoms with van der Waals surface area (Å²) in [6, 6.07) is 5.90. The summed E-state index contributed by atoms with van der Waals surface area (Å²) in [4.78, 5) is 4.55. The molecule has 0 fully saturated rings. The van der Waals surface area contributed by atoms with Crippen LogP contribution in [-0.4, -0.2) is 26.3 Å². The van der Waals surface area contributed by atoms with Crippen LogP contribution in [0.4, 0.5) is 5.82 Å². The van der Waals surface area contributed by atoms with E-state index in [0.717, 1.165) is 35.2 Å². The van der Waals surface area contributed by atoms with Gasteiger partial charge in [0.25, 0.3) is 0 Å².